The van der Waals surface area contributed by atoms with E-state index in [1.54, 1.807) is 13.2 Å². The fourth-order valence-corrected chi connectivity index (χ4v) is 1.96. The number of aldehydes is 1. The van der Waals surface area contributed by atoms with Crippen LogP contribution in [0.2, 0.25) is 0 Å². The topological polar surface area (TPSA) is 26.3 Å². The largest absolute Gasteiger partial charge is 0.496 e. The first-order chi connectivity index (χ1) is 7.26. The molecule has 2 aromatic rings. The number of benzene rings is 2. The Balaban J connectivity index is 2.84. The molecule has 0 saturated carbocycles. The number of rotatable bonds is 2. The average Bonchev–Trinajstić information content (AvgIpc) is 2.27. The smallest absolute Gasteiger partial charge is 0.154 e. The van der Waals surface area contributed by atoms with Gasteiger partial charge >= 0.3 is 0 Å². The first-order valence-corrected chi connectivity index (χ1v) is 5.27. The lowest BCUT2D eigenvalue weighted by molar-refractivity contribution is 0.112. The molecular weight excluding hydrogens is 256 g/mol. The van der Waals surface area contributed by atoms with Crippen LogP contribution in [0.5, 0.6) is 5.75 Å². The second kappa shape index (κ2) is 4.03. The molecular formula is C12H9BrO2. The SMILES string of the molecule is COc1ccc2ccc(Br)cc2c1C=O. The van der Waals surface area contributed by atoms with Crippen LogP contribution < -0.4 is 4.74 Å². The molecule has 0 aromatic heterocycles. The van der Waals surface area contributed by atoms with Gasteiger partial charge in [-0.1, -0.05) is 28.1 Å². The van der Waals surface area contributed by atoms with Crippen LogP contribution in [0.25, 0.3) is 10.8 Å². The van der Waals surface area contributed by atoms with Gasteiger partial charge < -0.3 is 4.74 Å². The summed E-state index contributed by atoms with van der Waals surface area (Å²) in [7, 11) is 1.56. The molecule has 0 bridgehead atoms. The zero-order chi connectivity index (χ0) is 10.8. The lowest BCUT2D eigenvalue weighted by Crippen LogP contribution is -1.91. The number of carbonyl (C=O) groups is 1. The Kier molecular flexibility index (Phi) is 2.73. The predicted octanol–water partition coefficient (Wildman–Crippen LogP) is 3.42. The average molecular weight is 265 g/mol. The van der Waals surface area contributed by atoms with Crippen molar-refractivity contribution in [1.82, 2.24) is 0 Å². The molecule has 0 amide bonds. The third-order valence-corrected chi connectivity index (χ3v) is 2.82. The highest BCUT2D eigenvalue weighted by Crippen LogP contribution is 2.28. The summed E-state index contributed by atoms with van der Waals surface area (Å²) < 4.78 is 6.09. The van der Waals surface area contributed by atoms with Crippen LogP contribution in [-0.4, -0.2) is 13.4 Å². The van der Waals surface area contributed by atoms with Crippen LogP contribution in [0.3, 0.4) is 0 Å². The van der Waals surface area contributed by atoms with Gasteiger partial charge in [-0.15, -0.1) is 0 Å². The number of hydrogen-bond acceptors (Lipinski definition) is 2. The maximum atomic E-state index is 11.0. The third-order valence-electron chi connectivity index (χ3n) is 2.32. The van der Waals surface area contributed by atoms with Crippen LogP contribution in [-0.2, 0) is 0 Å². The van der Waals surface area contributed by atoms with Gasteiger partial charge in [-0.2, -0.15) is 0 Å². The summed E-state index contributed by atoms with van der Waals surface area (Å²) in [5.74, 6) is 0.607. The Morgan fingerprint density at radius 3 is 2.67 bits per heavy atom. The maximum absolute atomic E-state index is 11.0. The molecule has 0 spiro atoms. The molecule has 0 radical (unpaired) electrons. The Hall–Kier alpha value is -1.35. The number of carbonyl (C=O) groups excluding carboxylic acids is 1. The molecule has 0 aliphatic carbocycles. The first-order valence-electron chi connectivity index (χ1n) is 4.47. The fourth-order valence-electron chi connectivity index (χ4n) is 1.59. The van der Waals surface area contributed by atoms with Gasteiger partial charge in [0.1, 0.15) is 5.75 Å². The van der Waals surface area contributed by atoms with E-state index < -0.39 is 0 Å². The van der Waals surface area contributed by atoms with E-state index >= 15 is 0 Å². The Morgan fingerprint density at radius 2 is 2.00 bits per heavy atom. The van der Waals surface area contributed by atoms with E-state index in [0.717, 1.165) is 21.5 Å². The predicted molar refractivity (Wildman–Crippen MR) is 63.6 cm³/mol. The van der Waals surface area contributed by atoms with Gasteiger partial charge in [-0.3, -0.25) is 4.79 Å². The molecule has 15 heavy (non-hydrogen) atoms. The van der Waals surface area contributed by atoms with E-state index in [-0.39, 0.29) is 0 Å². The number of fused-ring (bicyclic) bond motifs is 1. The zero-order valence-corrected chi connectivity index (χ0v) is 9.74. The van der Waals surface area contributed by atoms with Crippen molar-refractivity contribution in [1.29, 1.82) is 0 Å². The van der Waals surface area contributed by atoms with Crippen molar-refractivity contribution < 1.29 is 9.53 Å². The van der Waals surface area contributed by atoms with Gasteiger partial charge in [0.05, 0.1) is 12.7 Å². The lowest BCUT2D eigenvalue weighted by Gasteiger charge is -2.07. The highest BCUT2D eigenvalue weighted by molar-refractivity contribution is 9.10. The van der Waals surface area contributed by atoms with E-state index in [9.17, 15) is 4.79 Å². The molecule has 0 unspecified atom stereocenters. The molecule has 2 rings (SSSR count). The van der Waals surface area contributed by atoms with Crippen LogP contribution in [0, 0.1) is 0 Å². The minimum Gasteiger partial charge on any atom is -0.496 e. The van der Waals surface area contributed by atoms with Gasteiger partial charge in [0.25, 0.3) is 0 Å². The van der Waals surface area contributed by atoms with E-state index in [4.69, 9.17) is 4.74 Å². The normalized spacial score (nSPS) is 10.3. The Bertz CT molecular complexity index is 520. The molecule has 0 aliphatic heterocycles. The van der Waals surface area contributed by atoms with Gasteiger partial charge in [-0.25, -0.2) is 0 Å². The van der Waals surface area contributed by atoms with Crippen molar-refractivity contribution in [2.75, 3.05) is 7.11 Å². The third kappa shape index (κ3) is 1.75. The summed E-state index contributed by atoms with van der Waals surface area (Å²) in [5, 5.41) is 1.93. The number of hydrogen-bond donors (Lipinski definition) is 0. The number of ether oxygens (including phenoxy) is 1. The van der Waals surface area contributed by atoms with Crippen molar-refractivity contribution in [3.8, 4) is 5.75 Å². The van der Waals surface area contributed by atoms with Crippen molar-refractivity contribution in [2.24, 2.45) is 0 Å². The van der Waals surface area contributed by atoms with Gasteiger partial charge in [0.15, 0.2) is 6.29 Å². The van der Waals surface area contributed by atoms with Crippen LogP contribution in [0.1, 0.15) is 10.4 Å². The molecule has 0 N–H and O–H groups in total. The van der Waals surface area contributed by atoms with Gasteiger partial charge in [-0.05, 0) is 29.0 Å². The van der Waals surface area contributed by atoms with Crippen molar-refractivity contribution in [3.05, 3.63) is 40.4 Å². The monoisotopic (exact) mass is 264 g/mol. The molecule has 76 valence electrons. The van der Waals surface area contributed by atoms with E-state index in [0.29, 0.717) is 11.3 Å². The summed E-state index contributed by atoms with van der Waals surface area (Å²) in [5.41, 5.74) is 0.594. The fraction of sp³-hybridized carbons (Fsp3) is 0.0833. The maximum Gasteiger partial charge on any atom is 0.154 e. The van der Waals surface area contributed by atoms with Gasteiger partial charge in [0.2, 0.25) is 0 Å². The molecule has 0 aliphatic rings. The quantitative estimate of drug-likeness (QED) is 0.777. The van der Waals surface area contributed by atoms with E-state index in [1.165, 1.54) is 0 Å². The highest BCUT2D eigenvalue weighted by Gasteiger charge is 2.07. The molecule has 2 nitrogen and oxygen atoms in total. The molecule has 3 heteroatoms. The van der Waals surface area contributed by atoms with Crippen molar-refractivity contribution in [3.63, 3.8) is 0 Å². The minimum atomic E-state index is 0.594. The summed E-state index contributed by atoms with van der Waals surface area (Å²) in [6, 6.07) is 9.57. The Labute approximate surface area is 96.0 Å². The molecule has 0 heterocycles. The summed E-state index contributed by atoms with van der Waals surface area (Å²) >= 11 is 3.39. The molecule has 0 saturated heterocycles. The molecule has 0 atom stereocenters. The van der Waals surface area contributed by atoms with Crippen LogP contribution in [0.4, 0.5) is 0 Å². The minimum absolute atomic E-state index is 0.594. The second-order valence-electron chi connectivity index (χ2n) is 3.16. The van der Waals surface area contributed by atoms with Gasteiger partial charge in [0, 0.05) is 4.47 Å². The highest BCUT2D eigenvalue weighted by atomic mass is 79.9. The number of methoxy groups -OCH3 is 1. The van der Waals surface area contributed by atoms with Crippen molar-refractivity contribution in [2.45, 2.75) is 0 Å². The molecule has 0 fully saturated rings. The zero-order valence-electron chi connectivity index (χ0n) is 8.16. The second-order valence-corrected chi connectivity index (χ2v) is 4.08. The lowest BCUT2D eigenvalue weighted by atomic mass is 10.0. The van der Waals surface area contributed by atoms with Crippen LogP contribution in [0.15, 0.2) is 34.8 Å². The Morgan fingerprint density at radius 1 is 1.27 bits per heavy atom. The summed E-state index contributed by atoms with van der Waals surface area (Å²) in [6.45, 7) is 0. The standard InChI is InChI=1S/C12H9BrO2/c1-15-12-5-3-8-2-4-9(13)6-10(8)11(12)7-14/h2-7H,1H3. The first kappa shape index (κ1) is 10.2. The van der Waals surface area contributed by atoms with E-state index in [1.807, 2.05) is 24.3 Å². The summed E-state index contributed by atoms with van der Waals surface area (Å²) in [6.07, 6.45) is 0.827. The van der Waals surface area contributed by atoms with E-state index in [2.05, 4.69) is 15.9 Å². The van der Waals surface area contributed by atoms with Crippen LogP contribution >= 0.6 is 15.9 Å². The number of halogens is 1. The molecule has 2 aromatic carbocycles. The van der Waals surface area contributed by atoms with Crippen molar-refractivity contribution >= 4 is 33.0 Å². The summed E-state index contributed by atoms with van der Waals surface area (Å²) in [4.78, 5) is 11.0.